The fourth-order valence-electron chi connectivity index (χ4n) is 3.95. The fourth-order valence-corrected chi connectivity index (χ4v) is 5.19. The largest absolute Gasteiger partial charge is 0.279 e. The van der Waals surface area contributed by atoms with Crippen molar-refractivity contribution in [3.05, 3.63) is 56.2 Å². The Morgan fingerprint density at radius 3 is 2.85 bits per heavy atom. The summed E-state index contributed by atoms with van der Waals surface area (Å²) in [6, 6.07) is 8.19. The third-order valence-electron chi connectivity index (χ3n) is 5.58. The van der Waals surface area contributed by atoms with Crippen LogP contribution in [0, 0.1) is 18.3 Å². The predicted molar refractivity (Wildman–Crippen MR) is 107 cm³/mol. The topological polar surface area (TPSA) is 47.8 Å². The van der Waals surface area contributed by atoms with Gasteiger partial charge in [-0.25, -0.2) is 4.68 Å². The molecular formula is C21H25N3OS. The van der Waals surface area contributed by atoms with Gasteiger partial charge in [-0.1, -0.05) is 55.8 Å². The Morgan fingerprint density at radius 1 is 1.31 bits per heavy atom. The zero-order valence-corrected chi connectivity index (χ0v) is 16.7. The smallest absolute Gasteiger partial charge is 0.267 e. The van der Waals surface area contributed by atoms with Crippen molar-refractivity contribution in [1.29, 1.82) is 0 Å². The van der Waals surface area contributed by atoms with Gasteiger partial charge in [-0.2, -0.15) is 0 Å². The minimum Gasteiger partial charge on any atom is -0.267 e. The maximum atomic E-state index is 13.1. The van der Waals surface area contributed by atoms with E-state index in [1.807, 2.05) is 12.1 Å². The zero-order valence-electron chi connectivity index (χ0n) is 15.9. The second-order valence-electron chi connectivity index (χ2n) is 8.53. The van der Waals surface area contributed by atoms with E-state index < -0.39 is 0 Å². The Labute approximate surface area is 157 Å². The standard InChI is InChI=1S/C21H25N3OS/c1-13-6-5-7-14(10-13)12-24-20(25)18-16-9-8-15(21(2,3)4)11-17(16)26-19(18)22-23-24/h5-7,10,15H,8-9,11-12H2,1-4H3/t15-/m1/s1. The molecule has 136 valence electrons. The number of nitrogens with zero attached hydrogens (tertiary/aromatic N) is 3. The molecule has 0 saturated carbocycles. The summed E-state index contributed by atoms with van der Waals surface area (Å²) in [5.74, 6) is 0.658. The molecule has 1 aliphatic carbocycles. The van der Waals surface area contributed by atoms with Gasteiger partial charge in [-0.05, 0) is 48.6 Å². The van der Waals surface area contributed by atoms with Crippen molar-refractivity contribution in [2.24, 2.45) is 11.3 Å². The SMILES string of the molecule is Cc1cccc(Cn2nnc3sc4c(c3c2=O)CC[C@@H](C(C)(C)C)C4)c1. The summed E-state index contributed by atoms with van der Waals surface area (Å²) in [6.07, 6.45) is 3.17. The molecule has 1 atom stereocenters. The number of fused-ring (bicyclic) bond motifs is 3. The minimum absolute atomic E-state index is 0.00298. The van der Waals surface area contributed by atoms with Gasteiger partial charge in [-0.3, -0.25) is 4.79 Å². The number of aromatic nitrogens is 3. The van der Waals surface area contributed by atoms with Gasteiger partial charge in [0.2, 0.25) is 0 Å². The van der Waals surface area contributed by atoms with Crippen LogP contribution in [0.2, 0.25) is 0 Å². The van der Waals surface area contributed by atoms with Gasteiger partial charge in [0.1, 0.15) is 0 Å². The quantitative estimate of drug-likeness (QED) is 0.676. The first-order valence-corrected chi connectivity index (χ1v) is 10.1. The van der Waals surface area contributed by atoms with Crippen molar-refractivity contribution in [3.8, 4) is 0 Å². The molecule has 0 spiro atoms. The van der Waals surface area contributed by atoms with Crippen molar-refractivity contribution in [3.63, 3.8) is 0 Å². The van der Waals surface area contributed by atoms with E-state index in [4.69, 9.17) is 0 Å². The van der Waals surface area contributed by atoms with E-state index in [0.717, 1.165) is 35.0 Å². The summed E-state index contributed by atoms with van der Waals surface area (Å²) in [7, 11) is 0. The molecule has 3 aromatic rings. The van der Waals surface area contributed by atoms with Gasteiger partial charge < -0.3 is 0 Å². The molecule has 4 nitrogen and oxygen atoms in total. The van der Waals surface area contributed by atoms with Crippen LogP contribution >= 0.6 is 11.3 Å². The molecule has 0 saturated heterocycles. The number of benzene rings is 1. The van der Waals surface area contributed by atoms with Crippen LogP contribution in [0.3, 0.4) is 0 Å². The van der Waals surface area contributed by atoms with Gasteiger partial charge in [0.25, 0.3) is 5.56 Å². The Kier molecular flexibility index (Phi) is 4.22. The molecule has 1 aliphatic rings. The molecule has 0 unspecified atom stereocenters. The molecule has 4 rings (SSSR count). The first-order valence-electron chi connectivity index (χ1n) is 9.26. The summed E-state index contributed by atoms with van der Waals surface area (Å²) in [5.41, 5.74) is 3.79. The third-order valence-corrected chi connectivity index (χ3v) is 6.72. The Hall–Kier alpha value is -2.01. The van der Waals surface area contributed by atoms with E-state index in [9.17, 15) is 4.79 Å². The number of hydrogen-bond acceptors (Lipinski definition) is 4. The first-order chi connectivity index (χ1) is 12.3. The summed E-state index contributed by atoms with van der Waals surface area (Å²) < 4.78 is 1.51. The molecule has 1 aromatic carbocycles. The molecular weight excluding hydrogens is 342 g/mol. The Bertz CT molecular complexity index is 1030. The van der Waals surface area contributed by atoms with Crippen LogP contribution in [0.1, 0.15) is 48.8 Å². The summed E-state index contributed by atoms with van der Waals surface area (Å²) in [4.78, 5) is 15.2. The monoisotopic (exact) mass is 367 g/mol. The number of aryl methyl sites for hydroxylation is 2. The highest BCUT2D eigenvalue weighted by atomic mass is 32.1. The van der Waals surface area contributed by atoms with Crippen molar-refractivity contribution in [2.75, 3.05) is 0 Å². The normalized spacial score (nSPS) is 17.5. The van der Waals surface area contributed by atoms with Gasteiger partial charge in [0.15, 0.2) is 4.83 Å². The van der Waals surface area contributed by atoms with Gasteiger partial charge in [0, 0.05) is 4.88 Å². The highest BCUT2D eigenvalue weighted by Gasteiger charge is 2.31. The Morgan fingerprint density at radius 2 is 2.12 bits per heavy atom. The van der Waals surface area contributed by atoms with Crippen LogP contribution < -0.4 is 5.56 Å². The van der Waals surface area contributed by atoms with E-state index in [0.29, 0.717) is 17.9 Å². The molecule has 5 heteroatoms. The molecule has 2 aromatic heterocycles. The summed E-state index contributed by atoms with van der Waals surface area (Å²) >= 11 is 1.66. The first kappa shape index (κ1) is 17.4. The second-order valence-corrected chi connectivity index (χ2v) is 9.61. The van der Waals surface area contributed by atoms with E-state index in [-0.39, 0.29) is 5.56 Å². The van der Waals surface area contributed by atoms with Crippen LogP contribution in [-0.2, 0) is 19.4 Å². The molecule has 0 amide bonds. The number of thiophene rings is 1. The highest BCUT2D eigenvalue weighted by Crippen LogP contribution is 2.41. The molecule has 0 radical (unpaired) electrons. The maximum absolute atomic E-state index is 13.1. The zero-order chi connectivity index (χ0) is 18.5. The van der Waals surface area contributed by atoms with Crippen LogP contribution in [0.25, 0.3) is 10.2 Å². The predicted octanol–water partition coefficient (Wildman–Crippen LogP) is 4.36. The maximum Gasteiger partial charge on any atom is 0.279 e. The van der Waals surface area contributed by atoms with Gasteiger partial charge >= 0.3 is 0 Å². The van der Waals surface area contributed by atoms with Crippen molar-refractivity contribution >= 4 is 21.6 Å². The van der Waals surface area contributed by atoms with Crippen molar-refractivity contribution in [1.82, 2.24) is 15.0 Å². The third kappa shape index (κ3) is 3.09. The lowest BCUT2D eigenvalue weighted by atomic mass is 9.72. The summed E-state index contributed by atoms with van der Waals surface area (Å²) in [6.45, 7) is 9.46. The van der Waals surface area contributed by atoms with Crippen LogP contribution in [0.5, 0.6) is 0 Å². The molecule has 0 bridgehead atoms. The van der Waals surface area contributed by atoms with Gasteiger partial charge in [-0.15, -0.1) is 16.4 Å². The summed E-state index contributed by atoms with van der Waals surface area (Å²) in [5, 5.41) is 9.40. The lowest BCUT2D eigenvalue weighted by Crippen LogP contribution is -2.28. The molecule has 0 fully saturated rings. The molecule has 26 heavy (non-hydrogen) atoms. The number of rotatable bonds is 2. The van der Waals surface area contributed by atoms with E-state index in [1.54, 1.807) is 11.3 Å². The lowest BCUT2D eigenvalue weighted by molar-refractivity contribution is 0.218. The fraction of sp³-hybridized carbons (Fsp3) is 0.476. The second kappa shape index (κ2) is 6.31. The van der Waals surface area contributed by atoms with Crippen LogP contribution in [-0.4, -0.2) is 15.0 Å². The highest BCUT2D eigenvalue weighted by molar-refractivity contribution is 7.18. The minimum atomic E-state index is 0.00298. The van der Waals surface area contributed by atoms with E-state index in [2.05, 4.69) is 50.1 Å². The average molecular weight is 368 g/mol. The van der Waals surface area contributed by atoms with Crippen LogP contribution in [0.4, 0.5) is 0 Å². The Balaban J connectivity index is 1.74. The average Bonchev–Trinajstić information content (AvgIpc) is 2.95. The van der Waals surface area contributed by atoms with Crippen molar-refractivity contribution < 1.29 is 0 Å². The molecule has 2 heterocycles. The van der Waals surface area contributed by atoms with E-state index >= 15 is 0 Å². The van der Waals surface area contributed by atoms with E-state index in [1.165, 1.54) is 20.7 Å². The molecule has 0 N–H and O–H groups in total. The molecule has 0 aliphatic heterocycles. The van der Waals surface area contributed by atoms with Gasteiger partial charge in [0.05, 0.1) is 11.9 Å². The number of hydrogen-bond donors (Lipinski definition) is 0. The van der Waals surface area contributed by atoms with Crippen LogP contribution in [0.15, 0.2) is 29.1 Å². The van der Waals surface area contributed by atoms with Crippen molar-refractivity contribution in [2.45, 2.75) is 53.5 Å². The lowest BCUT2D eigenvalue weighted by Gasteiger charge is -2.33.